The third-order valence-corrected chi connectivity index (χ3v) is 4.84. The SMILES string of the molecule is C=CCCCS(=O)(=O)c1cc(C(=O)O)c(C)cc1C. The highest BCUT2D eigenvalue weighted by atomic mass is 32.2. The van der Waals surface area contributed by atoms with Gasteiger partial charge in [0.15, 0.2) is 9.84 Å². The van der Waals surface area contributed by atoms with Gasteiger partial charge < -0.3 is 5.11 Å². The van der Waals surface area contributed by atoms with Gasteiger partial charge in [-0.05, 0) is 43.9 Å². The molecule has 0 bridgehead atoms. The molecule has 19 heavy (non-hydrogen) atoms. The Balaban J connectivity index is 3.22. The topological polar surface area (TPSA) is 71.4 Å². The van der Waals surface area contributed by atoms with Crippen molar-refractivity contribution in [3.8, 4) is 0 Å². The van der Waals surface area contributed by atoms with Crippen molar-refractivity contribution < 1.29 is 18.3 Å². The van der Waals surface area contributed by atoms with E-state index in [1.54, 1.807) is 26.0 Å². The highest BCUT2D eigenvalue weighted by Crippen LogP contribution is 2.22. The summed E-state index contributed by atoms with van der Waals surface area (Å²) >= 11 is 0. The van der Waals surface area contributed by atoms with E-state index < -0.39 is 15.8 Å². The average Bonchev–Trinajstić information content (AvgIpc) is 2.28. The summed E-state index contributed by atoms with van der Waals surface area (Å²) in [7, 11) is -3.45. The van der Waals surface area contributed by atoms with Crippen molar-refractivity contribution in [2.75, 3.05) is 5.75 Å². The molecule has 104 valence electrons. The molecule has 1 N–H and O–H groups in total. The number of allylic oxidation sites excluding steroid dienone is 1. The number of carboxylic acids is 1. The number of hydrogen-bond donors (Lipinski definition) is 1. The zero-order valence-electron chi connectivity index (χ0n) is 11.1. The van der Waals surface area contributed by atoms with E-state index >= 15 is 0 Å². The van der Waals surface area contributed by atoms with Gasteiger partial charge in [0.2, 0.25) is 0 Å². The second kappa shape index (κ2) is 6.02. The van der Waals surface area contributed by atoms with Crippen LogP contribution in [0.2, 0.25) is 0 Å². The van der Waals surface area contributed by atoms with Crippen LogP contribution in [-0.4, -0.2) is 25.2 Å². The molecule has 0 spiro atoms. The van der Waals surface area contributed by atoms with E-state index in [0.717, 1.165) is 0 Å². The zero-order valence-corrected chi connectivity index (χ0v) is 12.0. The molecule has 5 heteroatoms. The number of carbonyl (C=O) groups is 1. The van der Waals surface area contributed by atoms with Crippen molar-refractivity contribution in [1.29, 1.82) is 0 Å². The lowest BCUT2D eigenvalue weighted by Crippen LogP contribution is -2.11. The molecular formula is C14H18O4S. The third-order valence-electron chi connectivity index (χ3n) is 2.91. The van der Waals surface area contributed by atoms with Crippen LogP contribution in [0.3, 0.4) is 0 Å². The molecule has 0 atom stereocenters. The quantitative estimate of drug-likeness (QED) is 0.643. The summed E-state index contributed by atoms with van der Waals surface area (Å²) in [6.45, 7) is 6.88. The minimum Gasteiger partial charge on any atom is -0.478 e. The lowest BCUT2D eigenvalue weighted by atomic mass is 10.1. The minimum atomic E-state index is -3.45. The van der Waals surface area contributed by atoms with Gasteiger partial charge in [-0.3, -0.25) is 0 Å². The Hall–Kier alpha value is -1.62. The van der Waals surface area contributed by atoms with Crippen LogP contribution in [0.4, 0.5) is 0 Å². The van der Waals surface area contributed by atoms with Gasteiger partial charge in [0.1, 0.15) is 0 Å². The lowest BCUT2D eigenvalue weighted by Gasteiger charge is -2.10. The molecule has 1 aromatic rings. The van der Waals surface area contributed by atoms with Gasteiger partial charge in [-0.25, -0.2) is 13.2 Å². The predicted molar refractivity (Wildman–Crippen MR) is 74.4 cm³/mol. The van der Waals surface area contributed by atoms with Crippen molar-refractivity contribution in [3.05, 3.63) is 41.5 Å². The van der Waals surface area contributed by atoms with Crippen molar-refractivity contribution in [2.24, 2.45) is 0 Å². The van der Waals surface area contributed by atoms with E-state index in [1.165, 1.54) is 6.07 Å². The molecule has 4 nitrogen and oxygen atoms in total. The number of benzene rings is 1. The largest absolute Gasteiger partial charge is 0.478 e. The molecule has 0 heterocycles. The van der Waals surface area contributed by atoms with Gasteiger partial charge >= 0.3 is 5.97 Å². The summed E-state index contributed by atoms with van der Waals surface area (Å²) in [6.07, 6.45) is 2.78. The molecule has 0 amide bonds. The van der Waals surface area contributed by atoms with Crippen LogP contribution in [0.25, 0.3) is 0 Å². The fourth-order valence-corrected chi connectivity index (χ4v) is 3.54. The van der Waals surface area contributed by atoms with Gasteiger partial charge in [-0.1, -0.05) is 12.1 Å². The molecule has 0 aliphatic carbocycles. The van der Waals surface area contributed by atoms with Crippen molar-refractivity contribution in [3.63, 3.8) is 0 Å². The standard InChI is InChI=1S/C14H18O4S/c1-4-5-6-7-19(17,18)13-9-12(14(15)16)10(2)8-11(13)3/h4,8-9H,1,5-7H2,2-3H3,(H,15,16). The molecule has 0 unspecified atom stereocenters. The van der Waals surface area contributed by atoms with Crippen molar-refractivity contribution in [2.45, 2.75) is 31.6 Å². The fourth-order valence-electron chi connectivity index (χ4n) is 1.93. The summed E-state index contributed by atoms with van der Waals surface area (Å²) in [5.74, 6) is -1.11. The van der Waals surface area contributed by atoms with Crippen LogP contribution in [-0.2, 0) is 9.84 Å². The van der Waals surface area contributed by atoms with Gasteiger partial charge in [0, 0.05) is 0 Å². The smallest absolute Gasteiger partial charge is 0.335 e. The molecule has 0 aliphatic heterocycles. The van der Waals surface area contributed by atoms with E-state index in [9.17, 15) is 13.2 Å². The molecule has 0 fully saturated rings. The Morgan fingerprint density at radius 2 is 1.95 bits per heavy atom. The van der Waals surface area contributed by atoms with Crippen LogP contribution in [0.5, 0.6) is 0 Å². The van der Waals surface area contributed by atoms with E-state index in [2.05, 4.69) is 6.58 Å². The molecule has 0 aliphatic rings. The van der Waals surface area contributed by atoms with E-state index in [0.29, 0.717) is 24.0 Å². The minimum absolute atomic E-state index is 0.00196. The van der Waals surface area contributed by atoms with Gasteiger partial charge in [0.25, 0.3) is 0 Å². The third kappa shape index (κ3) is 3.67. The molecule has 1 aromatic carbocycles. The predicted octanol–water partition coefficient (Wildman–Crippen LogP) is 2.74. The highest BCUT2D eigenvalue weighted by Gasteiger charge is 2.20. The van der Waals surface area contributed by atoms with Crippen LogP contribution >= 0.6 is 0 Å². The lowest BCUT2D eigenvalue weighted by molar-refractivity contribution is 0.0696. The summed E-state index contributed by atoms with van der Waals surface area (Å²) in [6, 6.07) is 2.86. The van der Waals surface area contributed by atoms with Crippen LogP contribution in [0.15, 0.2) is 29.7 Å². The number of rotatable bonds is 6. The van der Waals surface area contributed by atoms with Crippen LogP contribution < -0.4 is 0 Å². The van der Waals surface area contributed by atoms with Gasteiger partial charge in [-0.15, -0.1) is 6.58 Å². The zero-order chi connectivity index (χ0) is 14.6. The first-order chi connectivity index (χ1) is 8.79. The number of carboxylic acid groups (broad SMARTS) is 1. The Bertz CT molecular complexity index is 600. The Morgan fingerprint density at radius 1 is 1.32 bits per heavy atom. The second-order valence-corrected chi connectivity index (χ2v) is 6.57. The van der Waals surface area contributed by atoms with E-state index in [-0.39, 0.29) is 16.2 Å². The Labute approximate surface area is 113 Å². The molecule has 0 radical (unpaired) electrons. The normalized spacial score (nSPS) is 11.3. The number of aromatic carboxylic acids is 1. The molecule has 1 rings (SSSR count). The average molecular weight is 282 g/mol. The Morgan fingerprint density at radius 3 is 2.47 bits per heavy atom. The first-order valence-electron chi connectivity index (χ1n) is 5.98. The second-order valence-electron chi connectivity index (χ2n) is 4.49. The Kier molecular flexibility index (Phi) is 4.89. The maximum Gasteiger partial charge on any atom is 0.335 e. The highest BCUT2D eigenvalue weighted by molar-refractivity contribution is 7.91. The van der Waals surface area contributed by atoms with Gasteiger partial charge in [-0.2, -0.15) is 0 Å². The number of aryl methyl sites for hydroxylation is 2. The summed E-state index contributed by atoms with van der Waals surface area (Å²) in [4.78, 5) is 11.2. The summed E-state index contributed by atoms with van der Waals surface area (Å²) in [5, 5.41) is 9.05. The molecule has 0 aromatic heterocycles. The number of hydrogen-bond acceptors (Lipinski definition) is 3. The first-order valence-corrected chi connectivity index (χ1v) is 7.63. The first kappa shape index (κ1) is 15.4. The molecule has 0 saturated carbocycles. The maximum absolute atomic E-state index is 12.2. The van der Waals surface area contributed by atoms with Crippen molar-refractivity contribution in [1.82, 2.24) is 0 Å². The van der Waals surface area contributed by atoms with Crippen molar-refractivity contribution >= 4 is 15.8 Å². The van der Waals surface area contributed by atoms with E-state index in [1.807, 2.05) is 0 Å². The van der Waals surface area contributed by atoms with Crippen LogP contribution in [0, 0.1) is 13.8 Å². The molecule has 0 saturated heterocycles. The van der Waals surface area contributed by atoms with E-state index in [4.69, 9.17) is 5.11 Å². The summed E-state index contributed by atoms with van der Waals surface area (Å²) in [5.41, 5.74) is 1.18. The van der Waals surface area contributed by atoms with Crippen LogP contribution in [0.1, 0.15) is 34.3 Å². The summed E-state index contributed by atoms with van der Waals surface area (Å²) < 4.78 is 24.4. The fraction of sp³-hybridized carbons (Fsp3) is 0.357. The monoisotopic (exact) mass is 282 g/mol. The molecular weight excluding hydrogens is 264 g/mol. The van der Waals surface area contributed by atoms with Gasteiger partial charge in [0.05, 0.1) is 16.2 Å². The maximum atomic E-state index is 12.2. The number of sulfone groups is 1. The number of unbranched alkanes of at least 4 members (excludes halogenated alkanes) is 1.